The van der Waals surface area contributed by atoms with Gasteiger partial charge in [-0.05, 0) is 17.4 Å². The number of hydrogen-bond donors (Lipinski definition) is 1. The van der Waals surface area contributed by atoms with Gasteiger partial charge in [0.05, 0.1) is 12.0 Å². The summed E-state index contributed by atoms with van der Waals surface area (Å²) in [5.41, 5.74) is 0.366. The van der Waals surface area contributed by atoms with Crippen LogP contribution in [0.15, 0.2) is 11.1 Å². The van der Waals surface area contributed by atoms with Crippen LogP contribution in [-0.2, 0) is 7.05 Å². The Morgan fingerprint density at radius 3 is 2.77 bits per heavy atom. The smallest absolute Gasteiger partial charge is 0.318 e. The fourth-order valence-corrected chi connectivity index (χ4v) is 1.18. The minimum Gasteiger partial charge on any atom is -0.318 e. The van der Waals surface area contributed by atoms with Crippen molar-refractivity contribution in [2.45, 2.75) is 6.92 Å². The molecule has 7 heteroatoms. The number of nitrogens with one attached hydrogen (secondary N) is 1. The quantitative estimate of drug-likeness (QED) is 0.610. The number of H-pyrrole nitrogens is 1. The van der Waals surface area contributed by atoms with Gasteiger partial charge in [0.15, 0.2) is 5.82 Å². The van der Waals surface area contributed by atoms with Crippen LogP contribution < -0.4 is 5.69 Å². The van der Waals surface area contributed by atoms with Crippen molar-refractivity contribution in [1.29, 1.82) is 0 Å². The molecule has 2 heterocycles. The van der Waals surface area contributed by atoms with E-state index < -0.39 is 0 Å². The molecule has 0 aliphatic heterocycles. The maximum atomic E-state index is 11.2. The van der Waals surface area contributed by atoms with Crippen LogP contribution in [0.5, 0.6) is 0 Å². The van der Waals surface area contributed by atoms with E-state index in [1.54, 1.807) is 24.9 Å². The number of hydrogen-bond acceptors (Lipinski definition) is 4. The number of aromatic nitrogens is 6. The van der Waals surface area contributed by atoms with Crippen molar-refractivity contribution in [2.75, 3.05) is 0 Å². The second-order valence-electron chi connectivity index (χ2n) is 2.68. The molecule has 0 fully saturated rings. The molecule has 0 aliphatic carbocycles. The van der Waals surface area contributed by atoms with Gasteiger partial charge in [0.1, 0.15) is 0 Å². The third kappa shape index (κ3) is 1.05. The van der Waals surface area contributed by atoms with Crippen LogP contribution in [0.3, 0.4) is 0 Å². The first-order chi connectivity index (χ1) is 6.20. The highest BCUT2D eigenvalue weighted by molar-refractivity contribution is 5.26. The van der Waals surface area contributed by atoms with Crippen LogP contribution >= 0.6 is 0 Å². The molecule has 0 unspecified atom stereocenters. The van der Waals surface area contributed by atoms with E-state index >= 15 is 0 Å². The molecule has 0 bridgehead atoms. The van der Waals surface area contributed by atoms with E-state index in [4.69, 9.17) is 0 Å². The van der Waals surface area contributed by atoms with E-state index in [1.165, 1.54) is 4.68 Å². The van der Waals surface area contributed by atoms with Gasteiger partial charge in [-0.3, -0.25) is 0 Å². The maximum Gasteiger partial charge on any atom is 0.367 e. The lowest BCUT2D eigenvalue weighted by Crippen LogP contribution is -2.19. The first kappa shape index (κ1) is 7.71. The van der Waals surface area contributed by atoms with Gasteiger partial charge in [-0.25, -0.2) is 14.9 Å². The van der Waals surface area contributed by atoms with Crippen molar-refractivity contribution in [3.63, 3.8) is 0 Å². The first-order valence-corrected chi connectivity index (χ1v) is 3.69. The molecule has 0 atom stereocenters. The van der Waals surface area contributed by atoms with Crippen molar-refractivity contribution in [3.8, 4) is 5.82 Å². The Kier molecular flexibility index (Phi) is 1.51. The van der Waals surface area contributed by atoms with Gasteiger partial charge in [0, 0.05) is 7.05 Å². The molecule has 0 radical (unpaired) electrons. The highest BCUT2D eigenvalue weighted by Crippen LogP contribution is 2.05. The van der Waals surface area contributed by atoms with Crippen molar-refractivity contribution in [3.05, 3.63) is 22.5 Å². The average molecular weight is 180 g/mol. The summed E-state index contributed by atoms with van der Waals surface area (Å²) in [7, 11) is 1.79. The van der Waals surface area contributed by atoms with Crippen molar-refractivity contribution in [1.82, 2.24) is 29.8 Å². The zero-order valence-electron chi connectivity index (χ0n) is 7.22. The third-order valence-corrected chi connectivity index (χ3v) is 1.76. The molecule has 0 aromatic carbocycles. The Morgan fingerprint density at radius 2 is 2.31 bits per heavy atom. The predicted molar refractivity (Wildman–Crippen MR) is 43.5 cm³/mol. The van der Waals surface area contributed by atoms with Crippen LogP contribution in [0, 0.1) is 6.92 Å². The molecule has 2 aromatic rings. The van der Waals surface area contributed by atoms with E-state index in [2.05, 4.69) is 20.5 Å². The predicted octanol–water partition coefficient (Wildman–Crippen LogP) is -1.00. The van der Waals surface area contributed by atoms with Crippen LogP contribution in [0.25, 0.3) is 5.82 Å². The summed E-state index contributed by atoms with van der Waals surface area (Å²) in [4.78, 5) is 15.2. The normalized spacial score (nSPS) is 10.6. The zero-order chi connectivity index (χ0) is 9.42. The fourth-order valence-electron chi connectivity index (χ4n) is 1.18. The third-order valence-electron chi connectivity index (χ3n) is 1.76. The number of nitrogens with zero attached hydrogens (tertiary/aromatic N) is 5. The summed E-state index contributed by atoms with van der Waals surface area (Å²) in [5, 5.41) is 9.23. The lowest BCUT2D eigenvalue weighted by atomic mass is 10.5. The van der Waals surface area contributed by atoms with Crippen LogP contribution in [-0.4, -0.2) is 29.8 Å². The minimum atomic E-state index is -0.369. The van der Waals surface area contributed by atoms with Crippen LogP contribution in [0.1, 0.15) is 5.69 Å². The summed E-state index contributed by atoms with van der Waals surface area (Å²) in [6.45, 7) is 1.80. The molecule has 0 aliphatic rings. The Balaban J connectivity index is 2.71. The minimum absolute atomic E-state index is 0.369. The molecule has 13 heavy (non-hydrogen) atoms. The van der Waals surface area contributed by atoms with E-state index in [-0.39, 0.29) is 5.69 Å². The molecule has 68 valence electrons. The lowest BCUT2D eigenvalue weighted by Gasteiger charge is -1.99. The SMILES string of the molecule is Cc1ncn(C)c1-n1nn[nH]c1=O. The largest absolute Gasteiger partial charge is 0.367 e. The number of imidazole rings is 1. The maximum absolute atomic E-state index is 11.2. The van der Waals surface area contributed by atoms with Gasteiger partial charge < -0.3 is 4.57 Å². The van der Waals surface area contributed by atoms with Gasteiger partial charge in [0.25, 0.3) is 0 Å². The summed E-state index contributed by atoms with van der Waals surface area (Å²) < 4.78 is 2.88. The molecule has 1 N–H and O–H groups in total. The van der Waals surface area contributed by atoms with E-state index in [1.807, 2.05) is 0 Å². The summed E-state index contributed by atoms with van der Waals surface area (Å²) in [6.07, 6.45) is 1.62. The molecule has 0 saturated carbocycles. The molecule has 7 nitrogen and oxygen atoms in total. The van der Waals surface area contributed by atoms with E-state index in [0.717, 1.165) is 5.69 Å². The Hall–Kier alpha value is -1.92. The van der Waals surface area contributed by atoms with Gasteiger partial charge in [0.2, 0.25) is 0 Å². The van der Waals surface area contributed by atoms with Crippen molar-refractivity contribution < 1.29 is 0 Å². The van der Waals surface area contributed by atoms with E-state index in [0.29, 0.717) is 5.82 Å². The Labute approximate surface area is 73.0 Å². The highest BCUT2D eigenvalue weighted by Gasteiger charge is 2.10. The van der Waals surface area contributed by atoms with Crippen molar-refractivity contribution in [2.24, 2.45) is 7.05 Å². The van der Waals surface area contributed by atoms with Crippen LogP contribution in [0.4, 0.5) is 0 Å². The average Bonchev–Trinajstić information content (AvgIpc) is 2.60. The molecule has 0 amide bonds. The number of tetrazole rings is 1. The number of rotatable bonds is 1. The summed E-state index contributed by atoms with van der Waals surface area (Å²) in [5.74, 6) is 0.624. The number of aryl methyl sites for hydroxylation is 2. The van der Waals surface area contributed by atoms with Crippen molar-refractivity contribution >= 4 is 0 Å². The Morgan fingerprint density at radius 1 is 1.54 bits per heavy atom. The molecule has 0 spiro atoms. The second kappa shape index (κ2) is 2.54. The molecule has 2 aromatic heterocycles. The molecular weight excluding hydrogens is 172 g/mol. The lowest BCUT2D eigenvalue weighted by molar-refractivity contribution is 0.716. The Bertz CT molecular complexity index is 458. The van der Waals surface area contributed by atoms with Gasteiger partial charge >= 0.3 is 5.69 Å². The second-order valence-corrected chi connectivity index (χ2v) is 2.68. The number of aromatic amines is 1. The topological polar surface area (TPSA) is 81.4 Å². The van der Waals surface area contributed by atoms with Gasteiger partial charge in [-0.2, -0.15) is 0 Å². The molecular formula is C6H8N6O. The van der Waals surface area contributed by atoms with Gasteiger partial charge in [-0.15, -0.1) is 4.68 Å². The van der Waals surface area contributed by atoms with E-state index in [9.17, 15) is 4.79 Å². The standard InChI is InChI=1S/C6H8N6O/c1-4-5(11(2)3-7-4)12-6(13)8-9-10-12/h3H,1-2H3,(H,8,10,13). The summed E-state index contributed by atoms with van der Waals surface area (Å²) in [6, 6.07) is 0. The zero-order valence-corrected chi connectivity index (χ0v) is 7.22. The first-order valence-electron chi connectivity index (χ1n) is 3.69. The van der Waals surface area contributed by atoms with Crippen LogP contribution in [0.2, 0.25) is 0 Å². The summed E-state index contributed by atoms with van der Waals surface area (Å²) >= 11 is 0. The van der Waals surface area contributed by atoms with Gasteiger partial charge in [-0.1, -0.05) is 0 Å². The monoisotopic (exact) mass is 180 g/mol. The fraction of sp³-hybridized carbons (Fsp3) is 0.333. The molecule has 0 saturated heterocycles. The highest BCUT2D eigenvalue weighted by atomic mass is 16.2. The molecule has 2 rings (SSSR count).